The van der Waals surface area contributed by atoms with E-state index in [1.54, 1.807) is 9.80 Å². The molecule has 4 atom stereocenters. The first-order chi connectivity index (χ1) is 13.9. The van der Waals surface area contributed by atoms with E-state index in [0.717, 1.165) is 37.5 Å². The van der Waals surface area contributed by atoms with Crippen LogP contribution in [0.1, 0.15) is 48.9 Å². The molecule has 8 heteroatoms. The Kier molecular flexibility index (Phi) is 5.26. The Bertz CT molecular complexity index is 857. The molecule has 154 valence electrons. The summed E-state index contributed by atoms with van der Waals surface area (Å²) < 4.78 is 27.6. The lowest BCUT2D eigenvalue weighted by Gasteiger charge is -2.41. The summed E-state index contributed by atoms with van der Waals surface area (Å²) in [6, 6.07) is 3.65. The topological polar surface area (TPSA) is 90.4 Å². The van der Waals surface area contributed by atoms with E-state index >= 15 is 0 Å². The minimum atomic E-state index is -0.735. The summed E-state index contributed by atoms with van der Waals surface area (Å²) in [5.74, 6) is -2.18. The number of nitrogens with zero attached hydrogens (tertiary/aromatic N) is 3. The van der Waals surface area contributed by atoms with E-state index in [9.17, 15) is 23.6 Å². The van der Waals surface area contributed by atoms with Crippen LogP contribution in [0.4, 0.5) is 8.78 Å². The Morgan fingerprint density at radius 1 is 1.17 bits per heavy atom. The van der Waals surface area contributed by atoms with E-state index in [0.29, 0.717) is 25.8 Å². The Morgan fingerprint density at radius 2 is 1.86 bits per heavy atom. The molecule has 3 aliphatic heterocycles. The Hall–Kier alpha value is -2.53. The fraction of sp³-hybridized carbons (Fsp3) is 0.571. The lowest BCUT2D eigenvalue weighted by atomic mass is 9.84. The van der Waals surface area contributed by atoms with Crippen LogP contribution in [0.25, 0.3) is 0 Å². The number of hydrogen-bond acceptors (Lipinski definition) is 4. The Labute approximate surface area is 168 Å². The second-order valence-electron chi connectivity index (χ2n) is 8.30. The summed E-state index contributed by atoms with van der Waals surface area (Å²) in [7, 11) is 0. The van der Waals surface area contributed by atoms with E-state index in [1.165, 1.54) is 0 Å². The van der Waals surface area contributed by atoms with Gasteiger partial charge >= 0.3 is 0 Å². The van der Waals surface area contributed by atoms with Crippen LogP contribution in [0.5, 0.6) is 0 Å². The molecule has 0 aliphatic carbocycles. The molecule has 2 N–H and O–H groups in total. The molecular weight excluding hydrogens is 378 g/mol. The maximum atomic E-state index is 14.1. The molecule has 1 aromatic rings. The van der Waals surface area contributed by atoms with Crippen LogP contribution in [-0.4, -0.2) is 52.3 Å². The van der Waals surface area contributed by atoms with Gasteiger partial charge in [0.05, 0.1) is 17.7 Å². The molecule has 0 aromatic heterocycles. The fourth-order valence-electron chi connectivity index (χ4n) is 5.20. The van der Waals surface area contributed by atoms with Crippen molar-refractivity contribution in [2.75, 3.05) is 6.54 Å². The fourth-order valence-corrected chi connectivity index (χ4v) is 5.20. The molecule has 0 unspecified atom stereocenters. The number of nitrogens with two attached hydrogens (primary N) is 1. The number of benzene rings is 1. The van der Waals surface area contributed by atoms with Gasteiger partial charge < -0.3 is 15.5 Å². The standard InChI is InChI=1S/C21H24F2N4O2/c22-13-3-6-18(23)17(10-13)20(28)27-14-4-5-15(27)9-12(8-14)19(25)21(29)26-7-1-2-16(26)11-24/h3,6,10,12,14-16,19H,1-2,4-5,7-9,25H2/t14-,15-,16-,19-/m0/s1. The third-order valence-electron chi connectivity index (χ3n) is 6.64. The molecule has 29 heavy (non-hydrogen) atoms. The van der Waals surface area contributed by atoms with E-state index in [1.807, 2.05) is 0 Å². The number of rotatable bonds is 3. The van der Waals surface area contributed by atoms with E-state index < -0.39 is 29.6 Å². The van der Waals surface area contributed by atoms with Crippen molar-refractivity contribution in [1.82, 2.24) is 9.80 Å². The van der Waals surface area contributed by atoms with Crippen molar-refractivity contribution in [3.63, 3.8) is 0 Å². The first kappa shape index (κ1) is 19.8. The second-order valence-corrected chi connectivity index (χ2v) is 8.30. The van der Waals surface area contributed by atoms with Crippen molar-refractivity contribution in [3.8, 4) is 6.07 Å². The minimum Gasteiger partial charge on any atom is -0.333 e. The predicted molar refractivity (Wildman–Crippen MR) is 100 cm³/mol. The van der Waals surface area contributed by atoms with Crippen molar-refractivity contribution in [3.05, 3.63) is 35.4 Å². The normalized spacial score (nSPS) is 29.6. The molecule has 1 aromatic carbocycles. The van der Waals surface area contributed by atoms with Gasteiger partial charge in [0.2, 0.25) is 5.91 Å². The van der Waals surface area contributed by atoms with Gasteiger partial charge in [-0.25, -0.2) is 8.78 Å². The molecule has 0 spiro atoms. The van der Waals surface area contributed by atoms with Crippen LogP contribution in [0.2, 0.25) is 0 Å². The number of hydrogen-bond donors (Lipinski definition) is 1. The van der Waals surface area contributed by atoms with E-state index in [4.69, 9.17) is 5.73 Å². The number of likely N-dealkylation sites (tertiary alicyclic amines) is 1. The van der Waals surface area contributed by atoms with Crippen molar-refractivity contribution in [2.45, 2.75) is 62.7 Å². The van der Waals surface area contributed by atoms with Gasteiger partial charge in [-0.05, 0) is 62.6 Å². The molecule has 4 rings (SSSR count). The third-order valence-corrected chi connectivity index (χ3v) is 6.64. The Balaban J connectivity index is 1.48. The highest BCUT2D eigenvalue weighted by Crippen LogP contribution is 2.41. The maximum absolute atomic E-state index is 14.1. The van der Waals surface area contributed by atoms with Crippen LogP contribution >= 0.6 is 0 Å². The molecular formula is C21H24F2N4O2. The van der Waals surface area contributed by atoms with Crippen LogP contribution < -0.4 is 5.73 Å². The predicted octanol–water partition coefficient (Wildman–Crippen LogP) is 2.19. The zero-order valence-corrected chi connectivity index (χ0v) is 16.1. The first-order valence-electron chi connectivity index (χ1n) is 10.1. The van der Waals surface area contributed by atoms with Gasteiger partial charge in [0.1, 0.15) is 17.7 Å². The lowest BCUT2D eigenvalue weighted by molar-refractivity contribution is -0.134. The zero-order chi connectivity index (χ0) is 20.7. The van der Waals surface area contributed by atoms with Gasteiger partial charge in [0.25, 0.3) is 5.91 Å². The highest BCUT2D eigenvalue weighted by Gasteiger charge is 2.47. The Morgan fingerprint density at radius 3 is 2.52 bits per heavy atom. The highest BCUT2D eigenvalue weighted by atomic mass is 19.1. The van der Waals surface area contributed by atoms with Crippen LogP contribution in [0.3, 0.4) is 0 Å². The number of piperidine rings is 1. The number of carbonyl (C=O) groups is 2. The number of carbonyl (C=O) groups excluding carboxylic acids is 2. The molecule has 3 aliphatic rings. The third kappa shape index (κ3) is 3.48. The summed E-state index contributed by atoms with van der Waals surface area (Å²) in [6.07, 6.45) is 4.10. The van der Waals surface area contributed by atoms with Gasteiger partial charge in [-0.2, -0.15) is 5.26 Å². The van der Waals surface area contributed by atoms with Gasteiger partial charge in [0, 0.05) is 18.6 Å². The summed E-state index contributed by atoms with van der Waals surface area (Å²) >= 11 is 0. The largest absolute Gasteiger partial charge is 0.333 e. The van der Waals surface area contributed by atoms with Crippen LogP contribution in [0.15, 0.2) is 18.2 Å². The van der Waals surface area contributed by atoms with Crippen molar-refractivity contribution in [1.29, 1.82) is 5.26 Å². The summed E-state index contributed by atoms with van der Waals surface area (Å²) in [6.45, 7) is 0.549. The van der Waals surface area contributed by atoms with Gasteiger partial charge in [-0.15, -0.1) is 0 Å². The quantitative estimate of drug-likeness (QED) is 0.839. The summed E-state index contributed by atoms with van der Waals surface area (Å²) in [5.41, 5.74) is 6.05. The second kappa shape index (κ2) is 7.71. The van der Waals surface area contributed by atoms with Crippen LogP contribution in [-0.2, 0) is 4.79 Å². The summed E-state index contributed by atoms with van der Waals surface area (Å²) in [4.78, 5) is 29.0. The molecule has 6 nitrogen and oxygen atoms in total. The van der Waals surface area contributed by atoms with Crippen molar-refractivity contribution >= 4 is 11.8 Å². The summed E-state index contributed by atoms with van der Waals surface area (Å²) in [5, 5.41) is 9.23. The number of halogens is 2. The number of nitriles is 1. The molecule has 2 bridgehead atoms. The SMILES string of the molecule is N#C[C@@H]1CCCN1C(=O)[C@@H](N)C1C[C@@H]2CC[C@@H](C1)N2C(=O)c1cc(F)ccc1F. The van der Waals surface area contributed by atoms with Gasteiger partial charge in [0.15, 0.2) is 0 Å². The van der Waals surface area contributed by atoms with E-state index in [-0.39, 0.29) is 29.5 Å². The average Bonchev–Trinajstić information content (AvgIpc) is 3.30. The van der Waals surface area contributed by atoms with Gasteiger partial charge in [-0.3, -0.25) is 9.59 Å². The number of amides is 2. The van der Waals surface area contributed by atoms with Crippen molar-refractivity contribution in [2.24, 2.45) is 11.7 Å². The zero-order valence-electron chi connectivity index (χ0n) is 16.1. The van der Waals surface area contributed by atoms with Crippen molar-refractivity contribution < 1.29 is 18.4 Å². The van der Waals surface area contributed by atoms with E-state index in [2.05, 4.69) is 6.07 Å². The molecule has 3 fully saturated rings. The first-order valence-corrected chi connectivity index (χ1v) is 10.1. The molecule has 0 saturated carbocycles. The maximum Gasteiger partial charge on any atom is 0.257 e. The van der Waals surface area contributed by atoms with Gasteiger partial charge in [-0.1, -0.05) is 0 Å². The highest BCUT2D eigenvalue weighted by molar-refractivity contribution is 5.95. The van der Waals surface area contributed by atoms with Crippen LogP contribution in [0, 0.1) is 28.9 Å². The smallest absolute Gasteiger partial charge is 0.257 e. The molecule has 0 radical (unpaired) electrons. The molecule has 3 saturated heterocycles. The molecule has 3 heterocycles. The molecule has 2 amide bonds. The number of fused-ring (bicyclic) bond motifs is 2. The average molecular weight is 402 g/mol. The lowest BCUT2D eigenvalue weighted by Crippen LogP contribution is -2.55. The minimum absolute atomic E-state index is 0.0960. The monoisotopic (exact) mass is 402 g/mol.